The number of alkyl halides is 1. The third-order valence-corrected chi connectivity index (χ3v) is 5.16. The number of aromatic nitrogens is 2. The number of hydrogen-bond acceptors (Lipinski definition) is 3. The van der Waals surface area contributed by atoms with Crippen LogP contribution in [-0.4, -0.2) is 45.5 Å². The number of hydrogen-bond donors (Lipinski definition) is 1. The lowest BCUT2D eigenvalue weighted by Crippen LogP contribution is -2.39. The van der Waals surface area contributed by atoms with E-state index in [9.17, 15) is 9.59 Å². The quantitative estimate of drug-likeness (QED) is 0.599. The van der Waals surface area contributed by atoms with Crippen LogP contribution in [0.15, 0.2) is 24.3 Å². The van der Waals surface area contributed by atoms with Crippen molar-refractivity contribution in [2.45, 2.75) is 39.5 Å². The van der Waals surface area contributed by atoms with E-state index in [1.54, 1.807) is 22.9 Å². The zero-order valence-electron chi connectivity index (χ0n) is 16.9. The van der Waals surface area contributed by atoms with Crippen LogP contribution in [0.5, 0.6) is 0 Å². The summed E-state index contributed by atoms with van der Waals surface area (Å²) in [5.74, 6) is -0.299. The first kappa shape index (κ1) is 23.5. The minimum Gasteiger partial charge on any atom is -0.332 e. The van der Waals surface area contributed by atoms with Gasteiger partial charge in [0, 0.05) is 18.0 Å². The number of nitrogens with zero attached hydrogens (tertiary/aromatic N) is 3. The Bertz CT molecular complexity index is 890. The molecule has 0 saturated carbocycles. The molecule has 1 aromatic carbocycles. The summed E-state index contributed by atoms with van der Waals surface area (Å²) in [6.07, 6.45) is 0.727. The summed E-state index contributed by atoms with van der Waals surface area (Å²) < 4.78 is 1.61. The average molecular weight is 460 g/mol. The molecule has 0 atom stereocenters. The highest BCUT2D eigenvalue weighted by atomic mass is 35.5. The van der Waals surface area contributed by atoms with E-state index >= 15 is 0 Å². The zero-order valence-corrected chi connectivity index (χ0v) is 19.2. The Kier molecular flexibility index (Phi) is 7.97. The summed E-state index contributed by atoms with van der Waals surface area (Å²) in [5.41, 5.74) is 1.22. The monoisotopic (exact) mass is 458 g/mol. The van der Waals surface area contributed by atoms with Gasteiger partial charge in [0.15, 0.2) is 0 Å². The number of rotatable bonds is 7. The van der Waals surface area contributed by atoms with Crippen LogP contribution in [0.3, 0.4) is 0 Å². The van der Waals surface area contributed by atoms with Crippen LogP contribution in [-0.2, 0) is 15.0 Å². The van der Waals surface area contributed by atoms with Crippen LogP contribution in [0.4, 0.5) is 5.82 Å². The molecule has 9 heteroatoms. The SMILES string of the molecule is CCCN(CC(=O)Nc1cc(C(C)(C)C)nn1-c1ccc(Cl)c(Cl)c1)C(=O)CCl. The Hall–Kier alpha value is -1.76. The average Bonchev–Trinajstić information content (AvgIpc) is 3.07. The maximum absolute atomic E-state index is 12.6. The van der Waals surface area contributed by atoms with Gasteiger partial charge in [-0.3, -0.25) is 9.59 Å². The number of nitrogens with one attached hydrogen (secondary N) is 1. The molecule has 0 unspecified atom stereocenters. The molecular formula is C20H25Cl3N4O2. The van der Waals surface area contributed by atoms with Crippen molar-refractivity contribution in [3.8, 4) is 5.69 Å². The summed E-state index contributed by atoms with van der Waals surface area (Å²) in [4.78, 5) is 26.0. The summed E-state index contributed by atoms with van der Waals surface area (Å²) in [6.45, 7) is 8.39. The second-order valence-electron chi connectivity index (χ2n) is 7.67. The normalized spacial score (nSPS) is 11.4. The molecule has 29 heavy (non-hydrogen) atoms. The number of halogens is 3. The largest absolute Gasteiger partial charge is 0.332 e. The van der Waals surface area contributed by atoms with Gasteiger partial charge in [0.2, 0.25) is 11.8 Å². The van der Waals surface area contributed by atoms with Gasteiger partial charge in [0.05, 0.1) is 28.0 Å². The van der Waals surface area contributed by atoms with Crippen molar-refractivity contribution >= 4 is 52.4 Å². The van der Waals surface area contributed by atoms with Crippen molar-refractivity contribution in [2.75, 3.05) is 24.3 Å². The van der Waals surface area contributed by atoms with Gasteiger partial charge in [0.25, 0.3) is 0 Å². The molecule has 0 radical (unpaired) electrons. The minimum absolute atomic E-state index is 0.0865. The summed E-state index contributed by atoms with van der Waals surface area (Å²) in [6, 6.07) is 6.93. The van der Waals surface area contributed by atoms with E-state index in [1.807, 2.05) is 33.8 Å². The molecule has 0 aliphatic heterocycles. The van der Waals surface area contributed by atoms with Gasteiger partial charge in [-0.1, -0.05) is 50.9 Å². The van der Waals surface area contributed by atoms with Gasteiger partial charge < -0.3 is 10.2 Å². The van der Waals surface area contributed by atoms with Crippen LogP contribution in [0.25, 0.3) is 5.69 Å². The Balaban J connectivity index is 2.35. The summed E-state index contributed by atoms with van der Waals surface area (Å²) >= 11 is 17.8. The molecule has 0 fully saturated rings. The molecule has 2 aromatic rings. The van der Waals surface area contributed by atoms with Crippen molar-refractivity contribution in [1.29, 1.82) is 0 Å². The lowest BCUT2D eigenvalue weighted by Gasteiger charge is -2.20. The highest BCUT2D eigenvalue weighted by molar-refractivity contribution is 6.42. The maximum Gasteiger partial charge on any atom is 0.245 e. The van der Waals surface area contributed by atoms with Crippen molar-refractivity contribution in [2.24, 2.45) is 0 Å². The van der Waals surface area contributed by atoms with E-state index < -0.39 is 0 Å². The molecule has 6 nitrogen and oxygen atoms in total. The van der Waals surface area contributed by atoms with Gasteiger partial charge in [0.1, 0.15) is 11.7 Å². The first-order chi connectivity index (χ1) is 13.6. The molecule has 0 aliphatic rings. The van der Waals surface area contributed by atoms with Crippen LogP contribution >= 0.6 is 34.8 Å². The predicted octanol–water partition coefficient (Wildman–Crippen LogP) is 4.89. The second-order valence-corrected chi connectivity index (χ2v) is 8.75. The molecule has 0 spiro atoms. The lowest BCUT2D eigenvalue weighted by molar-refractivity contribution is -0.132. The molecule has 1 N–H and O–H groups in total. The zero-order chi connectivity index (χ0) is 21.8. The molecule has 1 heterocycles. The molecule has 2 rings (SSSR count). The fraction of sp³-hybridized carbons (Fsp3) is 0.450. The first-order valence-corrected chi connectivity index (χ1v) is 10.6. The van der Waals surface area contributed by atoms with Crippen molar-refractivity contribution in [3.05, 3.63) is 40.0 Å². The van der Waals surface area contributed by atoms with Crippen LogP contribution in [0.1, 0.15) is 39.8 Å². The van der Waals surface area contributed by atoms with E-state index in [-0.39, 0.29) is 29.7 Å². The fourth-order valence-electron chi connectivity index (χ4n) is 2.65. The number of carbonyl (C=O) groups is 2. The van der Waals surface area contributed by atoms with Gasteiger partial charge in [-0.25, -0.2) is 4.68 Å². The number of amides is 2. The standard InChI is InChI=1S/C20H25Cl3N4O2/c1-5-8-26(19(29)11-21)12-18(28)24-17-10-16(20(2,3)4)25-27(17)13-6-7-14(22)15(23)9-13/h6-7,9-10H,5,8,11-12H2,1-4H3,(H,24,28). The second kappa shape index (κ2) is 9.83. The Labute approximate surface area is 186 Å². The Morgan fingerprint density at radius 2 is 1.86 bits per heavy atom. The molecule has 158 valence electrons. The molecule has 2 amide bonds. The topological polar surface area (TPSA) is 67.2 Å². The fourth-order valence-corrected chi connectivity index (χ4v) is 3.11. The van der Waals surface area contributed by atoms with Gasteiger partial charge >= 0.3 is 0 Å². The van der Waals surface area contributed by atoms with Crippen molar-refractivity contribution in [1.82, 2.24) is 14.7 Å². The van der Waals surface area contributed by atoms with E-state index in [0.717, 1.165) is 12.1 Å². The molecule has 1 aromatic heterocycles. The van der Waals surface area contributed by atoms with Crippen LogP contribution < -0.4 is 5.32 Å². The van der Waals surface area contributed by atoms with Gasteiger partial charge in [-0.15, -0.1) is 11.6 Å². The highest BCUT2D eigenvalue weighted by Crippen LogP contribution is 2.29. The highest BCUT2D eigenvalue weighted by Gasteiger charge is 2.23. The van der Waals surface area contributed by atoms with Crippen molar-refractivity contribution < 1.29 is 9.59 Å². The smallest absolute Gasteiger partial charge is 0.245 e. The molecular weight excluding hydrogens is 435 g/mol. The van der Waals surface area contributed by atoms with E-state index in [0.29, 0.717) is 28.1 Å². The number of anilines is 1. The van der Waals surface area contributed by atoms with Crippen LogP contribution in [0.2, 0.25) is 10.0 Å². The first-order valence-electron chi connectivity index (χ1n) is 9.26. The Morgan fingerprint density at radius 3 is 2.41 bits per heavy atom. The summed E-state index contributed by atoms with van der Waals surface area (Å²) in [5, 5.41) is 8.31. The third kappa shape index (κ3) is 6.11. The van der Waals surface area contributed by atoms with Gasteiger partial charge in [-0.2, -0.15) is 5.10 Å². The maximum atomic E-state index is 12.6. The van der Waals surface area contributed by atoms with Crippen LogP contribution in [0, 0.1) is 0 Å². The summed E-state index contributed by atoms with van der Waals surface area (Å²) in [7, 11) is 0. The van der Waals surface area contributed by atoms with Gasteiger partial charge in [-0.05, 0) is 24.6 Å². The molecule has 0 bridgehead atoms. The van der Waals surface area contributed by atoms with Crippen molar-refractivity contribution in [3.63, 3.8) is 0 Å². The predicted molar refractivity (Wildman–Crippen MR) is 119 cm³/mol. The molecule has 0 aliphatic carbocycles. The third-order valence-electron chi connectivity index (χ3n) is 4.19. The lowest BCUT2D eigenvalue weighted by atomic mass is 9.92. The van der Waals surface area contributed by atoms with E-state index in [1.165, 1.54) is 4.90 Å². The Morgan fingerprint density at radius 1 is 1.17 bits per heavy atom. The number of benzene rings is 1. The van der Waals surface area contributed by atoms with E-state index in [4.69, 9.17) is 34.8 Å². The van der Waals surface area contributed by atoms with E-state index in [2.05, 4.69) is 10.4 Å². The minimum atomic E-state index is -0.335. The number of carbonyl (C=O) groups excluding carboxylic acids is 2. The molecule has 0 saturated heterocycles.